The molecule has 0 aromatic carbocycles. The van der Waals surface area contributed by atoms with Crippen LogP contribution in [-0.2, 0) is 4.79 Å². The number of halogens is 1. The van der Waals surface area contributed by atoms with Crippen LogP contribution in [0.3, 0.4) is 0 Å². The van der Waals surface area contributed by atoms with E-state index in [4.69, 9.17) is 5.73 Å². The van der Waals surface area contributed by atoms with Crippen LogP contribution in [0.25, 0.3) is 0 Å². The molecular formula is C11H11BrN2OS. The lowest BCUT2D eigenvalue weighted by Gasteiger charge is -1.96. The maximum Gasteiger partial charge on any atom is 0.185 e. The first-order valence-electron chi connectivity index (χ1n) is 4.63. The molecule has 1 heterocycles. The summed E-state index contributed by atoms with van der Waals surface area (Å²) in [5.74, 6) is 7.03. The molecule has 0 aliphatic carbocycles. The van der Waals surface area contributed by atoms with Crippen molar-refractivity contribution in [2.45, 2.75) is 13.3 Å². The van der Waals surface area contributed by atoms with Gasteiger partial charge in [-0.3, -0.25) is 4.79 Å². The van der Waals surface area contributed by atoms with Gasteiger partial charge in [0.15, 0.2) is 5.12 Å². The molecule has 0 aliphatic heterocycles. The van der Waals surface area contributed by atoms with Crippen LogP contribution >= 0.6 is 27.7 Å². The molecule has 2 N–H and O–H groups in total. The van der Waals surface area contributed by atoms with Gasteiger partial charge in [-0.25, -0.2) is 4.98 Å². The lowest BCUT2D eigenvalue weighted by Crippen LogP contribution is -1.93. The van der Waals surface area contributed by atoms with Gasteiger partial charge in [-0.05, 0) is 22.0 Å². The van der Waals surface area contributed by atoms with Crippen LogP contribution < -0.4 is 5.73 Å². The molecule has 1 aromatic rings. The van der Waals surface area contributed by atoms with E-state index in [1.54, 1.807) is 13.1 Å². The van der Waals surface area contributed by atoms with Crippen molar-refractivity contribution in [3.8, 4) is 11.8 Å². The fraction of sp³-hybridized carbons (Fsp3) is 0.273. The monoisotopic (exact) mass is 298 g/mol. The van der Waals surface area contributed by atoms with E-state index in [1.807, 2.05) is 6.07 Å². The van der Waals surface area contributed by atoms with E-state index in [-0.39, 0.29) is 5.12 Å². The second-order valence-electron chi connectivity index (χ2n) is 2.98. The fourth-order valence-corrected chi connectivity index (χ4v) is 1.78. The minimum Gasteiger partial charge on any atom is -0.383 e. The number of nitrogens with zero attached hydrogens (tertiary/aromatic N) is 1. The number of carbonyl (C=O) groups excluding carboxylic acids is 1. The molecular weight excluding hydrogens is 288 g/mol. The van der Waals surface area contributed by atoms with Gasteiger partial charge in [-0.1, -0.05) is 23.6 Å². The topological polar surface area (TPSA) is 56.0 Å². The molecule has 0 saturated carbocycles. The van der Waals surface area contributed by atoms with E-state index in [1.165, 1.54) is 11.8 Å². The first-order valence-corrected chi connectivity index (χ1v) is 6.40. The molecule has 5 heteroatoms. The predicted molar refractivity (Wildman–Crippen MR) is 71.0 cm³/mol. The zero-order chi connectivity index (χ0) is 12.0. The lowest BCUT2D eigenvalue weighted by molar-refractivity contribution is -0.109. The summed E-state index contributed by atoms with van der Waals surface area (Å²) in [5.41, 5.74) is 6.37. The van der Waals surface area contributed by atoms with Crippen LogP contribution in [0.5, 0.6) is 0 Å². The molecule has 1 aromatic heterocycles. The largest absolute Gasteiger partial charge is 0.383 e. The summed E-state index contributed by atoms with van der Waals surface area (Å²) in [6.45, 7) is 1.55. The van der Waals surface area contributed by atoms with Gasteiger partial charge in [-0.2, -0.15) is 0 Å². The molecule has 84 valence electrons. The Balaban J connectivity index is 2.56. The third-order valence-electron chi connectivity index (χ3n) is 1.64. The van der Waals surface area contributed by atoms with Crippen molar-refractivity contribution in [2.24, 2.45) is 0 Å². The Bertz CT molecular complexity index is 451. The summed E-state index contributed by atoms with van der Waals surface area (Å²) >= 11 is 4.58. The zero-order valence-electron chi connectivity index (χ0n) is 8.79. The number of rotatable bonds is 2. The van der Waals surface area contributed by atoms with Crippen LogP contribution in [0.2, 0.25) is 0 Å². The summed E-state index contributed by atoms with van der Waals surface area (Å²) in [6, 6.07) is 1.83. The molecule has 16 heavy (non-hydrogen) atoms. The number of hydrogen-bond donors (Lipinski definition) is 1. The van der Waals surface area contributed by atoms with Gasteiger partial charge in [0.25, 0.3) is 0 Å². The quantitative estimate of drug-likeness (QED) is 0.673. The first kappa shape index (κ1) is 13.1. The maximum atomic E-state index is 10.7. The van der Waals surface area contributed by atoms with Crippen LogP contribution in [0.1, 0.15) is 18.9 Å². The summed E-state index contributed by atoms with van der Waals surface area (Å²) in [7, 11) is 0. The van der Waals surface area contributed by atoms with Gasteiger partial charge in [0.2, 0.25) is 0 Å². The molecule has 0 aliphatic rings. The Labute approximate surface area is 107 Å². The van der Waals surface area contributed by atoms with E-state index in [9.17, 15) is 4.79 Å². The number of hydrogen-bond acceptors (Lipinski definition) is 4. The number of anilines is 1. The van der Waals surface area contributed by atoms with Crippen molar-refractivity contribution < 1.29 is 4.79 Å². The molecule has 0 amide bonds. The predicted octanol–water partition coefficient (Wildman–Crippen LogP) is 2.45. The number of aromatic nitrogens is 1. The number of nitrogens with two attached hydrogens (primary N) is 1. The van der Waals surface area contributed by atoms with E-state index < -0.39 is 0 Å². The van der Waals surface area contributed by atoms with Gasteiger partial charge in [0.1, 0.15) is 5.82 Å². The minimum absolute atomic E-state index is 0.116. The van der Waals surface area contributed by atoms with E-state index in [0.29, 0.717) is 23.6 Å². The first-order chi connectivity index (χ1) is 7.59. The molecule has 0 fully saturated rings. The number of thioether (sulfide) groups is 1. The Hall–Kier alpha value is -0.990. The maximum absolute atomic E-state index is 10.7. The second kappa shape index (κ2) is 6.56. The highest BCUT2D eigenvalue weighted by molar-refractivity contribution is 9.10. The Kier molecular flexibility index (Phi) is 5.36. The molecule has 0 atom stereocenters. The van der Waals surface area contributed by atoms with Gasteiger partial charge >= 0.3 is 0 Å². The Morgan fingerprint density at radius 3 is 3.12 bits per heavy atom. The van der Waals surface area contributed by atoms with Gasteiger partial charge in [0, 0.05) is 29.8 Å². The standard InChI is InChI=1S/C11H11BrN2OS/c1-8(15)16-5-3-2-4-9-6-10(12)7-14-11(9)13/h6-7H,3,5H2,1H3,(H2,13,14). The highest BCUT2D eigenvalue weighted by atomic mass is 79.9. The molecule has 0 spiro atoms. The van der Waals surface area contributed by atoms with Crippen LogP contribution in [0.4, 0.5) is 5.82 Å². The van der Waals surface area contributed by atoms with Crippen molar-refractivity contribution >= 4 is 38.6 Å². The molecule has 0 unspecified atom stereocenters. The van der Waals surface area contributed by atoms with Crippen LogP contribution in [0, 0.1) is 11.8 Å². The summed E-state index contributed by atoms with van der Waals surface area (Å²) in [6.07, 6.45) is 2.29. The zero-order valence-corrected chi connectivity index (χ0v) is 11.2. The molecule has 0 saturated heterocycles. The number of pyridine rings is 1. The summed E-state index contributed by atoms with van der Waals surface area (Å²) in [5, 5.41) is 0.116. The average molecular weight is 299 g/mol. The van der Waals surface area contributed by atoms with Gasteiger partial charge < -0.3 is 5.73 Å². The smallest absolute Gasteiger partial charge is 0.185 e. The van der Waals surface area contributed by atoms with E-state index in [2.05, 4.69) is 32.8 Å². The number of nitrogen functional groups attached to an aromatic ring is 1. The number of carbonyl (C=O) groups is 1. The van der Waals surface area contributed by atoms with E-state index >= 15 is 0 Å². The van der Waals surface area contributed by atoms with Gasteiger partial charge in [0.05, 0.1) is 5.56 Å². The van der Waals surface area contributed by atoms with Crippen molar-refractivity contribution in [1.82, 2.24) is 4.98 Å². The highest BCUT2D eigenvalue weighted by Gasteiger charge is 1.97. The van der Waals surface area contributed by atoms with Crippen LogP contribution in [-0.4, -0.2) is 15.9 Å². The van der Waals surface area contributed by atoms with Crippen molar-refractivity contribution in [3.05, 3.63) is 22.3 Å². The SMILES string of the molecule is CC(=O)SCCC#Cc1cc(Br)cnc1N. The molecule has 0 radical (unpaired) electrons. The van der Waals surface area contributed by atoms with Crippen molar-refractivity contribution in [2.75, 3.05) is 11.5 Å². The minimum atomic E-state index is 0.116. The second-order valence-corrected chi connectivity index (χ2v) is 5.17. The van der Waals surface area contributed by atoms with Crippen molar-refractivity contribution in [3.63, 3.8) is 0 Å². The third-order valence-corrected chi connectivity index (χ3v) is 2.89. The molecule has 1 rings (SSSR count). The van der Waals surface area contributed by atoms with Crippen molar-refractivity contribution in [1.29, 1.82) is 0 Å². The molecule has 0 bridgehead atoms. The van der Waals surface area contributed by atoms with Gasteiger partial charge in [-0.15, -0.1) is 0 Å². The summed E-state index contributed by atoms with van der Waals surface area (Å²) in [4.78, 5) is 14.6. The average Bonchev–Trinajstić information content (AvgIpc) is 2.22. The highest BCUT2D eigenvalue weighted by Crippen LogP contribution is 2.14. The van der Waals surface area contributed by atoms with Crippen LogP contribution in [0.15, 0.2) is 16.7 Å². The fourth-order valence-electron chi connectivity index (χ4n) is 0.953. The molecule has 3 nitrogen and oxygen atoms in total. The van der Waals surface area contributed by atoms with E-state index in [0.717, 1.165) is 4.47 Å². The Morgan fingerprint density at radius 2 is 2.44 bits per heavy atom. The Morgan fingerprint density at radius 1 is 1.69 bits per heavy atom. The lowest BCUT2D eigenvalue weighted by atomic mass is 10.2. The summed E-state index contributed by atoms with van der Waals surface area (Å²) < 4.78 is 0.851. The third kappa shape index (κ3) is 4.69. The normalized spacial score (nSPS) is 9.38.